The molecule has 1 aliphatic heterocycles. The van der Waals surface area contributed by atoms with Crippen LogP contribution in [-0.4, -0.2) is 29.4 Å². The highest BCUT2D eigenvalue weighted by Crippen LogP contribution is 2.16. The summed E-state index contributed by atoms with van der Waals surface area (Å²) in [5.74, 6) is -1.10. The van der Waals surface area contributed by atoms with Crippen molar-refractivity contribution in [1.82, 2.24) is 10.6 Å². The predicted octanol–water partition coefficient (Wildman–Crippen LogP) is 1.08. The van der Waals surface area contributed by atoms with Crippen LogP contribution in [0.15, 0.2) is 30.3 Å². The van der Waals surface area contributed by atoms with Gasteiger partial charge < -0.3 is 9.84 Å². The van der Waals surface area contributed by atoms with Crippen molar-refractivity contribution >= 4 is 12.1 Å². The van der Waals surface area contributed by atoms with Crippen LogP contribution >= 0.6 is 0 Å². The van der Waals surface area contributed by atoms with Crippen molar-refractivity contribution in [2.45, 2.75) is 25.1 Å². The lowest BCUT2D eigenvalue weighted by molar-refractivity contribution is -0.145. The normalized spacial score (nSPS) is 21.9. The number of rotatable bonds is 4. The highest BCUT2D eigenvalue weighted by atomic mass is 16.5. The Kier molecular flexibility index (Phi) is 4.01. The number of carbonyl (C=O) groups excluding carboxylic acids is 1. The molecule has 6 heteroatoms. The van der Waals surface area contributed by atoms with Crippen molar-refractivity contribution in [2.75, 3.05) is 6.54 Å². The van der Waals surface area contributed by atoms with Gasteiger partial charge in [-0.3, -0.25) is 10.6 Å². The van der Waals surface area contributed by atoms with Gasteiger partial charge in [-0.1, -0.05) is 30.3 Å². The van der Waals surface area contributed by atoms with Gasteiger partial charge in [0.15, 0.2) is 5.66 Å². The van der Waals surface area contributed by atoms with Gasteiger partial charge in [-0.15, -0.1) is 0 Å². The molecular weight excluding hydrogens is 248 g/mol. The van der Waals surface area contributed by atoms with Gasteiger partial charge in [0.1, 0.15) is 6.61 Å². The van der Waals surface area contributed by atoms with Gasteiger partial charge in [-0.2, -0.15) is 0 Å². The summed E-state index contributed by atoms with van der Waals surface area (Å²) in [6.07, 6.45) is 0.314. The van der Waals surface area contributed by atoms with Gasteiger partial charge in [0, 0.05) is 0 Å². The Morgan fingerprint density at radius 1 is 1.37 bits per heavy atom. The SMILES string of the molecule is O=C(N[C@@]1(C(=O)O)CCCN1)OCc1ccccc1. The van der Waals surface area contributed by atoms with E-state index >= 15 is 0 Å². The van der Waals surface area contributed by atoms with Crippen LogP contribution in [0.3, 0.4) is 0 Å². The molecule has 1 aliphatic rings. The lowest BCUT2D eigenvalue weighted by atomic mass is 10.1. The minimum absolute atomic E-state index is 0.113. The summed E-state index contributed by atoms with van der Waals surface area (Å²) in [7, 11) is 0. The van der Waals surface area contributed by atoms with E-state index in [-0.39, 0.29) is 6.61 Å². The molecule has 1 saturated heterocycles. The monoisotopic (exact) mass is 264 g/mol. The summed E-state index contributed by atoms with van der Waals surface area (Å²) in [4.78, 5) is 22.8. The molecule has 6 nitrogen and oxygen atoms in total. The van der Waals surface area contributed by atoms with Gasteiger partial charge in [0.05, 0.1) is 0 Å². The number of ether oxygens (including phenoxy) is 1. The molecule has 0 radical (unpaired) electrons. The maximum absolute atomic E-state index is 11.6. The van der Waals surface area contributed by atoms with Crippen molar-refractivity contribution in [1.29, 1.82) is 0 Å². The van der Waals surface area contributed by atoms with Crippen LogP contribution in [0.2, 0.25) is 0 Å². The minimum Gasteiger partial charge on any atom is -0.478 e. The van der Waals surface area contributed by atoms with Crippen molar-refractivity contribution < 1.29 is 19.4 Å². The van der Waals surface area contributed by atoms with Gasteiger partial charge in [-0.05, 0) is 24.9 Å². The van der Waals surface area contributed by atoms with Crippen molar-refractivity contribution in [2.24, 2.45) is 0 Å². The number of aliphatic carboxylic acids is 1. The summed E-state index contributed by atoms with van der Waals surface area (Å²) in [5, 5.41) is 14.3. The minimum atomic E-state index is -1.40. The standard InChI is InChI=1S/C13H16N2O4/c16-11(17)13(7-4-8-14-13)15-12(18)19-9-10-5-2-1-3-6-10/h1-3,5-6,14H,4,7-9H2,(H,15,18)(H,16,17)/t13-/m1/s1. The molecule has 1 atom stereocenters. The topological polar surface area (TPSA) is 87.7 Å². The van der Waals surface area contributed by atoms with Gasteiger partial charge in [0.25, 0.3) is 0 Å². The predicted molar refractivity (Wildman–Crippen MR) is 67.4 cm³/mol. The molecule has 0 bridgehead atoms. The molecular formula is C13H16N2O4. The van der Waals surface area contributed by atoms with Crippen molar-refractivity contribution in [3.63, 3.8) is 0 Å². The summed E-state index contributed by atoms with van der Waals surface area (Å²) in [6, 6.07) is 9.20. The molecule has 1 amide bonds. The van der Waals surface area contributed by atoms with E-state index in [1.807, 2.05) is 30.3 Å². The van der Waals surface area contributed by atoms with Crippen LogP contribution in [0.1, 0.15) is 18.4 Å². The highest BCUT2D eigenvalue weighted by Gasteiger charge is 2.43. The molecule has 0 aliphatic carbocycles. The second-order valence-electron chi connectivity index (χ2n) is 4.43. The van der Waals surface area contributed by atoms with Gasteiger partial charge >= 0.3 is 12.1 Å². The number of hydrogen-bond donors (Lipinski definition) is 3. The number of carboxylic acids is 1. The largest absolute Gasteiger partial charge is 0.478 e. The van der Waals surface area contributed by atoms with Gasteiger partial charge in [0.2, 0.25) is 0 Å². The number of carboxylic acid groups (broad SMARTS) is 1. The number of hydrogen-bond acceptors (Lipinski definition) is 4. The number of carbonyl (C=O) groups is 2. The maximum atomic E-state index is 11.6. The third-order valence-corrected chi connectivity index (χ3v) is 3.05. The van der Waals surface area contributed by atoms with E-state index in [2.05, 4.69) is 10.6 Å². The first-order chi connectivity index (χ1) is 9.12. The zero-order chi connectivity index (χ0) is 13.7. The fourth-order valence-electron chi connectivity index (χ4n) is 2.02. The Hall–Kier alpha value is -2.08. The summed E-state index contributed by atoms with van der Waals surface area (Å²) >= 11 is 0. The smallest absolute Gasteiger partial charge is 0.409 e. The first-order valence-electron chi connectivity index (χ1n) is 6.10. The Balaban J connectivity index is 1.88. The highest BCUT2D eigenvalue weighted by molar-refractivity contribution is 5.84. The van der Waals surface area contributed by atoms with E-state index in [4.69, 9.17) is 9.84 Å². The summed E-state index contributed by atoms with van der Waals surface area (Å²) in [6.45, 7) is 0.674. The molecule has 0 aromatic heterocycles. The third kappa shape index (κ3) is 3.23. The van der Waals surface area contributed by atoms with Crippen LogP contribution in [0, 0.1) is 0 Å². The molecule has 1 heterocycles. The molecule has 1 aromatic carbocycles. The zero-order valence-corrected chi connectivity index (χ0v) is 10.4. The lowest BCUT2D eigenvalue weighted by Gasteiger charge is -2.25. The van der Waals surface area contributed by atoms with Crippen LogP contribution < -0.4 is 10.6 Å². The quantitative estimate of drug-likeness (QED) is 0.757. The molecule has 19 heavy (non-hydrogen) atoms. The Morgan fingerprint density at radius 3 is 2.68 bits per heavy atom. The Labute approximate surface area is 110 Å². The van der Waals surface area contributed by atoms with E-state index in [1.165, 1.54) is 0 Å². The fourth-order valence-corrected chi connectivity index (χ4v) is 2.02. The Morgan fingerprint density at radius 2 is 2.11 bits per heavy atom. The van der Waals surface area contributed by atoms with E-state index in [0.29, 0.717) is 19.4 Å². The van der Waals surface area contributed by atoms with Crippen LogP contribution in [-0.2, 0) is 16.1 Å². The number of alkyl carbamates (subject to hydrolysis) is 1. The summed E-state index contributed by atoms with van der Waals surface area (Å²) < 4.78 is 5.01. The average Bonchev–Trinajstić information content (AvgIpc) is 2.87. The molecule has 1 aromatic rings. The number of nitrogens with one attached hydrogen (secondary N) is 2. The van der Waals surface area contributed by atoms with Crippen molar-refractivity contribution in [3.8, 4) is 0 Å². The first-order valence-corrected chi connectivity index (χ1v) is 6.10. The van der Waals surface area contributed by atoms with E-state index in [9.17, 15) is 9.59 Å². The first kappa shape index (κ1) is 13.4. The maximum Gasteiger partial charge on any atom is 0.409 e. The van der Waals surface area contributed by atoms with Crippen LogP contribution in [0.25, 0.3) is 0 Å². The molecule has 102 valence electrons. The molecule has 0 spiro atoms. The van der Waals surface area contributed by atoms with Crippen molar-refractivity contribution in [3.05, 3.63) is 35.9 Å². The average molecular weight is 264 g/mol. The van der Waals surface area contributed by atoms with E-state index in [0.717, 1.165) is 5.56 Å². The van der Waals surface area contributed by atoms with E-state index in [1.54, 1.807) is 0 Å². The zero-order valence-electron chi connectivity index (χ0n) is 10.4. The second-order valence-corrected chi connectivity index (χ2v) is 4.43. The second kappa shape index (κ2) is 5.71. The van der Waals surface area contributed by atoms with Crippen LogP contribution in [0.4, 0.5) is 4.79 Å². The Bertz CT molecular complexity index is 455. The molecule has 0 unspecified atom stereocenters. The third-order valence-electron chi connectivity index (χ3n) is 3.05. The fraction of sp³-hybridized carbons (Fsp3) is 0.385. The van der Waals surface area contributed by atoms with E-state index < -0.39 is 17.7 Å². The number of benzene rings is 1. The van der Waals surface area contributed by atoms with Gasteiger partial charge in [-0.25, -0.2) is 9.59 Å². The molecule has 1 fully saturated rings. The lowest BCUT2D eigenvalue weighted by Crippen LogP contribution is -2.61. The molecule has 3 N–H and O–H groups in total. The molecule has 2 rings (SSSR count). The summed E-state index contributed by atoms with van der Waals surface area (Å²) in [5.41, 5.74) is -0.547. The van der Waals surface area contributed by atoms with Crippen LogP contribution in [0.5, 0.6) is 0 Å². The number of amides is 1. The molecule has 0 saturated carbocycles.